The van der Waals surface area contributed by atoms with Crippen LogP contribution in [0.15, 0.2) is 12.1 Å². The summed E-state index contributed by atoms with van der Waals surface area (Å²) in [7, 11) is 3.26. The molecule has 0 bridgehead atoms. The first kappa shape index (κ1) is 15.9. The highest BCUT2D eigenvalue weighted by Crippen LogP contribution is 2.20. The van der Waals surface area contributed by atoms with Crippen molar-refractivity contribution in [2.75, 3.05) is 25.5 Å². The van der Waals surface area contributed by atoms with Gasteiger partial charge < -0.3 is 14.9 Å². The highest BCUT2D eigenvalue weighted by atomic mass is 16.4. The van der Waals surface area contributed by atoms with E-state index in [0.717, 1.165) is 0 Å². The van der Waals surface area contributed by atoms with Gasteiger partial charge in [0.1, 0.15) is 6.54 Å². The van der Waals surface area contributed by atoms with Gasteiger partial charge in [0, 0.05) is 19.6 Å². The van der Waals surface area contributed by atoms with Gasteiger partial charge in [-0.2, -0.15) is 0 Å². The van der Waals surface area contributed by atoms with Gasteiger partial charge in [-0.05, 0) is 32.9 Å². The summed E-state index contributed by atoms with van der Waals surface area (Å²) in [5.74, 6) is -0.769. The summed E-state index contributed by atoms with van der Waals surface area (Å²) in [5, 5.41) is 16.8. The fraction of sp³-hybridized carbons (Fsp3) is 0.538. The molecule has 0 radical (unpaired) electrons. The Kier molecular flexibility index (Phi) is 4.65. The van der Waals surface area contributed by atoms with Gasteiger partial charge in [-0.1, -0.05) is 0 Å². The van der Waals surface area contributed by atoms with E-state index < -0.39 is 11.5 Å². The van der Waals surface area contributed by atoms with Gasteiger partial charge in [-0.3, -0.25) is 9.59 Å². The maximum absolute atomic E-state index is 11.7. The fourth-order valence-corrected chi connectivity index (χ4v) is 1.61. The molecular formula is C13H20N4O3. The van der Waals surface area contributed by atoms with Crippen LogP contribution >= 0.6 is 0 Å². The zero-order chi connectivity index (χ0) is 15.5. The van der Waals surface area contributed by atoms with Gasteiger partial charge in [0.25, 0.3) is 5.91 Å². The van der Waals surface area contributed by atoms with Crippen molar-refractivity contribution in [2.45, 2.75) is 26.3 Å². The molecule has 0 unspecified atom stereocenters. The molecule has 0 atom stereocenters. The SMILES string of the molecule is CN(C)C(=O)c1ccc(N(CC(=O)O)C(C)(C)C)nn1. The molecule has 0 aromatic carbocycles. The minimum atomic E-state index is -0.949. The number of carboxylic acids is 1. The summed E-state index contributed by atoms with van der Waals surface area (Å²) in [5.41, 5.74) is -0.192. The molecule has 0 spiro atoms. The number of aliphatic carboxylic acids is 1. The zero-order valence-corrected chi connectivity index (χ0v) is 12.4. The minimum absolute atomic E-state index is 0.181. The van der Waals surface area contributed by atoms with E-state index in [-0.39, 0.29) is 18.1 Å². The Morgan fingerprint density at radius 2 is 1.80 bits per heavy atom. The first-order chi connectivity index (χ1) is 9.12. The second-order valence-corrected chi connectivity index (χ2v) is 5.63. The molecule has 0 saturated heterocycles. The number of carbonyl (C=O) groups excluding carboxylic acids is 1. The number of hydrogen-bond acceptors (Lipinski definition) is 5. The van der Waals surface area contributed by atoms with E-state index in [1.807, 2.05) is 20.8 Å². The van der Waals surface area contributed by atoms with Crippen molar-refractivity contribution < 1.29 is 14.7 Å². The maximum atomic E-state index is 11.7. The third-order valence-electron chi connectivity index (χ3n) is 2.66. The van der Waals surface area contributed by atoms with Gasteiger partial charge in [-0.15, -0.1) is 10.2 Å². The molecule has 110 valence electrons. The molecule has 1 amide bonds. The van der Waals surface area contributed by atoms with E-state index in [0.29, 0.717) is 5.82 Å². The molecule has 7 heteroatoms. The molecule has 1 aromatic rings. The van der Waals surface area contributed by atoms with Gasteiger partial charge in [0.2, 0.25) is 0 Å². The van der Waals surface area contributed by atoms with Crippen molar-refractivity contribution in [3.63, 3.8) is 0 Å². The molecule has 1 heterocycles. The molecule has 0 aliphatic heterocycles. The molecule has 0 aliphatic rings. The van der Waals surface area contributed by atoms with Crippen molar-refractivity contribution in [3.05, 3.63) is 17.8 Å². The monoisotopic (exact) mass is 280 g/mol. The van der Waals surface area contributed by atoms with Crippen LogP contribution in [-0.2, 0) is 4.79 Å². The average molecular weight is 280 g/mol. The normalized spacial score (nSPS) is 11.1. The minimum Gasteiger partial charge on any atom is -0.480 e. The Morgan fingerprint density at radius 1 is 1.20 bits per heavy atom. The predicted molar refractivity (Wildman–Crippen MR) is 74.8 cm³/mol. The lowest BCUT2D eigenvalue weighted by Gasteiger charge is -2.35. The zero-order valence-electron chi connectivity index (χ0n) is 12.4. The smallest absolute Gasteiger partial charge is 0.323 e. The number of nitrogens with zero attached hydrogens (tertiary/aromatic N) is 4. The Balaban J connectivity index is 3.05. The number of carboxylic acid groups (broad SMARTS) is 1. The lowest BCUT2D eigenvalue weighted by atomic mass is 10.1. The standard InChI is InChI=1S/C13H20N4O3/c1-13(2,3)17(8-11(18)19)10-7-6-9(14-15-10)12(20)16(4)5/h6-7H,8H2,1-5H3,(H,18,19). The van der Waals surface area contributed by atoms with Gasteiger partial charge in [0.15, 0.2) is 11.5 Å². The molecule has 0 fully saturated rings. The number of aromatic nitrogens is 2. The van der Waals surface area contributed by atoms with Crippen molar-refractivity contribution in [3.8, 4) is 0 Å². The summed E-state index contributed by atoms with van der Waals surface area (Å²) in [4.78, 5) is 25.7. The van der Waals surface area contributed by atoms with Crippen LogP contribution in [0.4, 0.5) is 5.82 Å². The third kappa shape index (κ3) is 3.91. The van der Waals surface area contributed by atoms with Crippen LogP contribution in [-0.4, -0.2) is 58.3 Å². The lowest BCUT2D eigenvalue weighted by Crippen LogP contribution is -2.45. The molecular weight excluding hydrogens is 260 g/mol. The summed E-state index contributed by atoms with van der Waals surface area (Å²) in [6.45, 7) is 5.47. The van der Waals surface area contributed by atoms with Gasteiger partial charge in [-0.25, -0.2) is 0 Å². The lowest BCUT2D eigenvalue weighted by molar-refractivity contribution is -0.135. The molecule has 0 aliphatic carbocycles. The van der Waals surface area contributed by atoms with E-state index in [4.69, 9.17) is 5.11 Å². The Labute approximate surface area is 118 Å². The van der Waals surface area contributed by atoms with Crippen LogP contribution in [0.3, 0.4) is 0 Å². The summed E-state index contributed by atoms with van der Waals surface area (Å²) < 4.78 is 0. The van der Waals surface area contributed by atoms with Crippen LogP contribution in [0, 0.1) is 0 Å². The Bertz CT molecular complexity index is 491. The number of carbonyl (C=O) groups is 2. The van der Waals surface area contributed by atoms with E-state index >= 15 is 0 Å². The summed E-state index contributed by atoms with van der Waals surface area (Å²) >= 11 is 0. The molecule has 1 rings (SSSR count). The van der Waals surface area contributed by atoms with Gasteiger partial charge in [0.05, 0.1) is 0 Å². The largest absolute Gasteiger partial charge is 0.480 e. The van der Waals surface area contributed by atoms with Crippen LogP contribution in [0.25, 0.3) is 0 Å². The van der Waals surface area contributed by atoms with Crippen molar-refractivity contribution in [1.82, 2.24) is 15.1 Å². The van der Waals surface area contributed by atoms with E-state index in [2.05, 4.69) is 10.2 Å². The third-order valence-corrected chi connectivity index (χ3v) is 2.66. The number of rotatable bonds is 4. The topological polar surface area (TPSA) is 86.6 Å². The number of amides is 1. The van der Waals surface area contributed by atoms with Crippen LogP contribution in [0.5, 0.6) is 0 Å². The van der Waals surface area contributed by atoms with Crippen LogP contribution < -0.4 is 4.90 Å². The van der Waals surface area contributed by atoms with Crippen molar-refractivity contribution in [2.24, 2.45) is 0 Å². The van der Waals surface area contributed by atoms with Crippen LogP contribution in [0.1, 0.15) is 31.3 Å². The second-order valence-electron chi connectivity index (χ2n) is 5.63. The highest BCUT2D eigenvalue weighted by Gasteiger charge is 2.25. The Morgan fingerprint density at radius 3 is 2.15 bits per heavy atom. The van der Waals surface area contributed by atoms with E-state index in [9.17, 15) is 9.59 Å². The Hall–Kier alpha value is -2.18. The second kappa shape index (κ2) is 5.85. The van der Waals surface area contributed by atoms with Gasteiger partial charge >= 0.3 is 5.97 Å². The molecule has 20 heavy (non-hydrogen) atoms. The first-order valence-corrected chi connectivity index (χ1v) is 6.17. The van der Waals surface area contributed by atoms with Crippen molar-refractivity contribution in [1.29, 1.82) is 0 Å². The average Bonchev–Trinajstić information content (AvgIpc) is 2.33. The first-order valence-electron chi connectivity index (χ1n) is 6.17. The predicted octanol–water partition coefficient (Wildman–Crippen LogP) is 0.868. The maximum Gasteiger partial charge on any atom is 0.323 e. The van der Waals surface area contributed by atoms with E-state index in [1.165, 1.54) is 4.90 Å². The van der Waals surface area contributed by atoms with Crippen LogP contribution in [0.2, 0.25) is 0 Å². The molecule has 7 nitrogen and oxygen atoms in total. The number of anilines is 1. The molecule has 0 saturated carbocycles. The summed E-state index contributed by atoms with van der Waals surface area (Å²) in [6.07, 6.45) is 0. The highest BCUT2D eigenvalue weighted by molar-refractivity contribution is 5.91. The quantitative estimate of drug-likeness (QED) is 0.880. The van der Waals surface area contributed by atoms with Crippen molar-refractivity contribution >= 4 is 17.7 Å². The molecule has 1 aromatic heterocycles. The fourth-order valence-electron chi connectivity index (χ4n) is 1.61. The summed E-state index contributed by atoms with van der Waals surface area (Å²) in [6, 6.07) is 3.16. The van der Waals surface area contributed by atoms with E-state index in [1.54, 1.807) is 31.1 Å². The number of hydrogen-bond donors (Lipinski definition) is 1. The molecule has 1 N–H and O–H groups in total.